The van der Waals surface area contributed by atoms with E-state index in [0.29, 0.717) is 26.4 Å². The predicted molar refractivity (Wildman–Crippen MR) is 359 cm³/mol. The number of benzene rings is 4. The molecule has 12 rings (SSSR count). The number of likely N-dealkylation sites (N-methyl/N-ethyl adjacent to an activating group) is 1. The van der Waals surface area contributed by atoms with E-state index in [9.17, 15) is 0 Å². The Kier molecular flexibility index (Phi) is 23.1. The number of hydrogen-bond donors (Lipinski definition) is 9. The first-order valence-electron chi connectivity index (χ1n) is 31.6. The van der Waals surface area contributed by atoms with Gasteiger partial charge in [0.15, 0.2) is 0 Å². The Morgan fingerprint density at radius 1 is 0.364 bits per heavy atom. The molecule has 88 heavy (non-hydrogen) atoms. The number of aliphatic hydroxyl groups is 1. The number of rotatable bonds is 18. The van der Waals surface area contributed by atoms with Crippen molar-refractivity contribution in [1.82, 2.24) is 49.3 Å². The van der Waals surface area contributed by atoms with E-state index >= 15 is 0 Å². The maximum atomic E-state index is 8.99. The van der Waals surface area contributed by atoms with Crippen LogP contribution in [0.4, 0.5) is 22.7 Å². The quantitative estimate of drug-likeness (QED) is 0.0377. The molecule has 0 unspecified atom stereocenters. The molecule has 4 saturated heterocycles. The number of piperazine rings is 2. The Bertz CT molecular complexity index is 3410. The molecule has 13 N–H and O–H groups in total. The second kappa shape index (κ2) is 31.0. The highest BCUT2D eigenvalue weighted by Crippen LogP contribution is 2.37. The number of anilines is 4. The highest BCUT2D eigenvalue weighted by atomic mass is 16.5. The van der Waals surface area contributed by atoms with Crippen molar-refractivity contribution in [1.29, 1.82) is 0 Å². The van der Waals surface area contributed by atoms with Gasteiger partial charge in [0.2, 0.25) is 0 Å². The molecule has 4 fully saturated rings. The monoisotopic (exact) mass is 1210 g/mol. The first-order chi connectivity index (χ1) is 42.5. The zero-order valence-electron chi connectivity index (χ0n) is 53.9. The molecule has 4 aromatic carbocycles. The topological polar surface area (TPSA) is 262 Å². The summed E-state index contributed by atoms with van der Waals surface area (Å²) in [4.78, 5) is 27.8. The summed E-state index contributed by atoms with van der Waals surface area (Å²) in [6.07, 6.45) is 0. The van der Waals surface area contributed by atoms with E-state index in [4.69, 9.17) is 56.5 Å². The zero-order valence-corrected chi connectivity index (χ0v) is 53.9. The fourth-order valence-corrected chi connectivity index (χ4v) is 12.1. The lowest BCUT2D eigenvalue weighted by molar-refractivity contribution is 0.0322. The third-order valence-electron chi connectivity index (χ3n) is 18.1. The molecular weight excluding hydrogens is 1110 g/mol. The van der Waals surface area contributed by atoms with Gasteiger partial charge in [-0.25, -0.2) is 0 Å². The molecule has 0 spiro atoms. The molecule has 4 aliphatic heterocycles. The van der Waals surface area contributed by atoms with E-state index in [1.54, 1.807) is 0 Å². The Balaban J connectivity index is 0.000000140. The number of hydrogen-bond acceptors (Lipinski definition) is 17. The van der Waals surface area contributed by atoms with Crippen molar-refractivity contribution < 1.29 is 33.5 Å². The highest BCUT2D eigenvalue weighted by Gasteiger charge is 2.21. The summed E-state index contributed by atoms with van der Waals surface area (Å²) in [7, 11) is 2.18. The van der Waals surface area contributed by atoms with Gasteiger partial charge in [0.05, 0.1) is 55.1 Å². The summed E-state index contributed by atoms with van der Waals surface area (Å²) in [5.41, 5.74) is 41.0. The number of fused-ring (bicyclic) bond motifs is 4. The summed E-state index contributed by atoms with van der Waals surface area (Å²) in [6, 6.07) is 15.5. The number of morpholine rings is 2. The van der Waals surface area contributed by atoms with Crippen LogP contribution in [0.5, 0.6) is 23.0 Å². The van der Waals surface area contributed by atoms with Gasteiger partial charge in [-0.2, -0.15) is 0 Å². The van der Waals surface area contributed by atoms with Crippen molar-refractivity contribution in [3.63, 3.8) is 0 Å². The average Bonchev–Trinajstić information content (AvgIpc) is 2.00. The first-order valence-corrected chi connectivity index (χ1v) is 31.6. The van der Waals surface area contributed by atoms with Gasteiger partial charge in [0, 0.05) is 178 Å². The van der Waals surface area contributed by atoms with Crippen LogP contribution in [-0.4, -0.2) is 232 Å². The van der Waals surface area contributed by atoms with Crippen LogP contribution >= 0.6 is 0 Å². The number of aromatic nitrogens is 4. The van der Waals surface area contributed by atoms with Gasteiger partial charge in [-0.3, -0.25) is 24.5 Å². The SMILES string of the molecule is Cc1[nH]c2c(OCCN3CCN(C)CC3)ccc(N)c2c1C.Cc1[nH]c2c(OCCN3CCN(CCO)CC3)ccc(N)c2c1C.Cc1[nH]c2c(OCCN3CCOCC3)ccc(N)c2c1C.Cc1[nH]c2c(OCCN3CCOCC3)ccc(N)c2c1C. The van der Waals surface area contributed by atoms with E-state index in [1.165, 1.54) is 22.3 Å². The van der Waals surface area contributed by atoms with Crippen molar-refractivity contribution in [3.8, 4) is 23.0 Å². The van der Waals surface area contributed by atoms with E-state index in [0.717, 1.165) is 250 Å². The number of nitrogens with two attached hydrogens (primary N) is 4. The molecule has 480 valence electrons. The summed E-state index contributed by atoms with van der Waals surface area (Å²) in [6.45, 7) is 39.9. The number of aryl methyl sites for hydroxylation is 8. The van der Waals surface area contributed by atoms with E-state index in [1.807, 2.05) is 48.5 Å². The Morgan fingerprint density at radius 3 is 0.864 bits per heavy atom. The van der Waals surface area contributed by atoms with Crippen LogP contribution in [0.2, 0.25) is 0 Å². The molecule has 0 saturated carbocycles. The van der Waals surface area contributed by atoms with Crippen molar-refractivity contribution in [3.05, 3.63) is 93.6 Å². The molecule has 0 aliphatic carbocycles. The van der Waals surface area contributed by atoms with Crippen LogP contribution in [0, 0.1) is 55.4 Å². The van der Waals surface area contributed by atoms with Crippen LogP contribution in [0.15, 0.2) is 48.5 Å². The number of nitrogens with zero attached hydrogens (tertiary/aromatic N) is 6. The summed E-state index contributed by atoms with van der Waals surface area (Å²) in [5, 5.41) is 13.3. The molecule has 21 heteroatoms. The maximum Gasteiger partial charge on any atom is 0.143 e. The second-order valence-electron chi connectivity index (χ2n) is 24.0. The first kappa shape index (κ1) is 65.5. The van der Waals surface area contributed by atoms with Gasteiger partial charge in [0.1, 0.15) is 49.4 Å². The van der Waals surface area contributed by atoms with Crippen LogP contribution in [0.3, 0.4) is 0 Å². The number of nitrogen functional groups attached to an aromatic ring is 4. The van der Waals surface area contributed by atoms with Crippen LogP contribution in [0.1, 0.15) is 45.0 Å². The van der Waals surface area contributed by atoms with E-state index in [2.05, 4.69) is 112 Å². The van der Waals surface area contributed by atoms with Gasteiger partial charge in [-0.05, 0) is 133 Å². The van der Waals surface area contributed by atoms with Crippen LogP contribution in [-0.2, 0) is 9.47 Å². The van der Waals surface area contributed by atoms with Gasteiger partial charge >= 0.3 is 0 Å². The Morgan fingerprint density at radius 2 is 0.602 bits per heavy atom. The van der Waals surface area contributed by atoms with Crippen molar-refractivity contribution in [2.45, 2.75) is 55.4 Å². The van der Waals surface area contributed by atoms with Gasteiger partial charge in [0.25, 0.3) is 0 Å². The molecule has 0 bridgehead atoms. The lowest BCUT2D eigenvalue weighted by Crippen LogP contribution is -2.48. The van der Waals surface area contributed by atoms with Gasteiger partial charge in [-0.15, -0.1) is 0 Å². The van der Waals surface area contributed by atoms with Crippen molar-refractivity contribution >= 4 is 66.4 Å². The van der Waals surface area contributed by atoms with Crippen molar-refractivity contribution in [2.75, 3.05) is 201 Å². The number of H-pyrrole nitrogens is 4. The fraction of sp³-hybridized carbons (Fsp3) is 0.522. The number of β-amino-alcohol motifs (C(OH)–C–C–N with tert-alkyl or cyclic N) is 1. The largest absolute Gasteiger partial charge is 0.490 e. The molecule has 4 aromatic heterocycles. The molecule has 0 radical (unpaired) electrons. The molecular formula is C67H100N14O7. The van der Waals surface area contributed by atoms with Crippen molar-refractivity contribution in [2.24, 2.45) is 0 Å². The highest BCUT2D eigenvalue weighted by molar-refractivity contribution is 6.01. The zero-order chi connectivity index (χ0) is 62.4. The van der Waals surface area contributed by atoms with E-state index < -0.39 is 0 Å². The average molecular weight is 1210 g/mol. The summed E-state index contributed by atoms with van der Waals surface area (Å²) in [5.74, 6) is 3.52. The minimum Gasteiger partial charge on any atom is -0.490 e. The lowest BCUT2D eigenvalue weighted by atomic mass is 10.1. The Hall–Kier alpha value is -6.92. The fourth-order valence-electron chi connectivity index (χ4n) is 12.1. The smallest absolute Gasteiger partial charge is 0.143 e. The normalized spacial score (nSPS) is 16.8. The van der Waals surface area contributed by atoms with Gasteiger partial charge < -0.3 is 81.3 Å². The van der Waals surface area contributed by atoms with Crippen LogP contribution in [0.25, 0.3) is 43.6 Å². The van der Waals surface area contributed by atoms with Crippen LogP contribution < -0.4 is 41.9 Å². The number of aromatic amines is 4. The minimum atomic E-state index is 0.241. The van der Waals surface area contributed by atoms with E-state index in [-0.39, 0.29) is 6.61 Å². The maximum absolute atomic E-state index is 8.99. The third-order valence-corrected chi connectivity index (χ3v) is 18.1. The summed E-state index contributed by atoms with van der Waals surface area (Å²) < 4.78 is 34.7. The second-order valence-corrected chi connectivity index (χ2v) is 24.0. The number of aliphatic hydroxyl groups excluding tert-OH is 1. The summed E-state index contributed by atoms with van der Waals surface area (Å²) >= 11 is 0. The Labute approximate surface area is 519 Å². The molecule has 0 amide bonds. The lowest BCUT2D eigenvalue weighted by Gasteiger charge is -2.34. The third kappa shape index (κ3) is 16.3. The molecule has 8 aromatic rings. The molecule has 4 aliphatic rings. The molecule has 0 atom stereocenters. The minimum absolute atomic E-state index is 0.241. The number of ether oxygens (including phenoxy) is 6. The predicted octanol–water partition coefficient (Wildman–Crippen LogP) is 7.50. The van der Waals surface area contributed by atoms with Gasteiger partial charge in [-0.1, -0.05) is 0 Å². The number of nitrogens with one attached hydrogen (secondary N) is 4. The standard InChI is InChI=1S/C18H28N4O2.C17H26N4O.2C16H23N3O2/c1-13-14(2)20-18-16(4-3-15(19)17(13)18)24-12-10-22-7-5-21(6-8-22)9-11-23;1-12-13(2)19-17-15(5-4-14(18)16(12)17)22-11-10-21-8-6-20(3)7-9-21;2*1-11-12(2)18-16-14(4-3-13(17)15(11)16)21-10-7-19-5-8-20-9-6-19/h3-4,20,23H,5-12,19H2,1-2H3;4-5,19H,6-11,18H2,1-3H3;2*3-4,18H,5-10,17H2,1-2H3. The molecule has 21 nitrogen and oxygen atoms in total. The molecule has 8 heterocycles.